The number of ether oxygens (including phenoxy) is 1. The van der Waals surface area contributed by atoms with Crippen molar-refractivity contribution in [3.05, 3.63) is 59.7 Å². The van der Waals surface area contributed by atoms with Gasteiger partial charge in [0.2, 0.25) is 0 Å². The van der Waals surface area contributed by atoms with Crippen molar-refractivity contribution < 1.29 is 9.13 Å². The molecular weight excluding hydrogens is 243 g/mol. The van der Waals surface area contributed by atoms with Crippen molar-refractivity contribution in [3.63, 3.8) is 0 Å². The fourth-order valence-corrected chi connectivity index (χ4v) is 1.84. The molecule has 0 aliphatic carbocycles. The highest BCUT2D eigenvalue weighted by Crippen LogP contribution is 2.24. The Balaban J connectivity index is 2.01. The molecule has 1 aromatic heterocycles. The number of hydrogen-bond donors (Lipinski definition) is 1. The highest BCUT2D eigenvalue weighted by molar-refractivity contribution is 5.36. The minimum Gasteiger partial charge on any atom is -0.493 e. The first-order chi connectivity index (χ1) is 9.16. The van der Waals surface area contributed by atoms with Crippen molar-refractivity contribution in [3.8, 4) is 5.75 Å². The van der Waals surface area contributed by atoms with Gasteiger partial charge in [-0.25, -0.2) is 4.39 Å². The van der Waals surface area contributed by atoms with Crippen molar-refractivity contribution in [2.75, 3.05) is 6.61 Å². The van der Waals surface area contributed by atoms with Crippen LogP contribution in [0.5, 0.6) is 5.75 Å². The lowest BCUT2D eigenvalue weighted by Crippen LogP contribution is -2.10. The average Bonchev–Trinajstić information content (AvgIpc) is 2.39. The smallest absolute Gasteiger partial charge is 0.126 e. The fraction of sp³-hybridized carbons (Fsp3) is 0.267. The van der Waals surface area contributed by atoms with Crippen LogP contribution in [-0.2, 0) is 6.42 Å². The largest absolute Gasteiger partial charge is 0.493 e. The molecule has 19 heavy (non-hydrogen) atoms. The van der Waals surface area contributed by atoms with Crippen LogP contribution in [0.2, 0.25) is 0 Å². The lowest BCUT2D eigenvalue weighted by molar-refractivity contribution is 0.315. The van der Waals surface area contributed by atoms with Crippen LogP contribution in [0.4, 0.5) is 4.39 Å². The van der Waals surface area contributed by atoms with Crippen molar-refractivity contribution in [1.29, 1.82) is 0 Å². The summed E-state index contributed by atoms with van der Waals surface area (Å²) in [6.45, 7) is 2.33. The molecule has 0 saturated carbocycles. The molecule has 0 aliphatic heterocycles. The Bertz CT molecular complexity index is 529. The minimum absolute atomic E-state index is 0.184. The lowest BCUT2D eigenvalue weighted by Gasteiger charge is -2.14. The van der Waals surface area contributed by atoms with E-state index >= 15 is 0 Å². The normalized spacial score (nSPS) is 12.2. The molecule has 0 bridgehead atoms. The standard InChI is InChI=1S/C15H17FN2O/c1-11(17)14-3-2-13(16)10-15(14)19-9-6-12-4-7-18-8-5-12/h2-5,7-8,10-11H,6,9,17H2,1H3. The van der Waals surface area contributed by atoms with Gasteiger partial charge in [0.05, 0.1) is 6.61 Å². The molecule has 100 valence electrons. The number of pyridine rings is 1. The zero-order chi connectivity index (χ0) is 13.7. The molecule has 1 aromatic carbocycles. The number of nitrogens with two attached hydrogens (primary N) is 1. The topological polar surface area (TPSA) is 48.1 Å². The molecule has 2 rings (SSSR count). The van der Waals surface area contributed by atoms with E-state index in [1.54, 1.807) is 18.5 Å². The molecule has 2 aromatic rings. The van der Waals surface area contributed by atoms with Crippen LogP contribution in [-0.4, -0.2) is 11.6 Å². The third-order valence-corrected chi connectivity index (χ3v) is 2.86. The number of hydrogen-bond acceptors (Lipinski definition) is 3. The summed E-state index contributed by atoms with van der Waals surface area (Å²) in [6.07, 6.45) is 4.23. The first-order valence-electron chi connectivity index (χ1n) is 6.23. The lowest BCUT2D eigenvalue weighted by atomic mass is 10.1. The second-order valence-electron chi connectivity index (χ2n) is 4.42. The number of rotatable bonds is 5. The molecule has 0 saturated heterocycles. The summed E-state index contributed by atoms with van der Waals surface area (Å²) in [5.41, 5.74) is 7.79. The van der Waals surface area contributed by atoms with Gasteiger partial charge in [0.15, 0.2) is 0 Å². The van der Waals surface area contributed by atoms with Gasteiger partial charge in [-0.3, -0.25) is 4.98 Å². The molecule has 1 atom stereocenters. The SMILES string of the molecule is CC(N)c1ccc(F)cc1OCCc1ccncc1. The van der Waals surface area contributed by atoms with E-state index in [9.17, 15) is 4.39 Å². The Hall–Kier alpha value is -1.94. The second kappa shape index (κ2) is 6.29. The van der Waals surface area contributed by atoms with Crippen molar-refractivity contribution in [1.82, 2.24) is 4.98 Å². The van der Waals surface area contributed by atoms with E-state index in [1.165, 1.54) is 12.1 Å². The maximum Gasteiger partial charge on any atom is 0.126 e. The average molecular weight is 260 g/mol. The summed E-state index contributed by atoms with van der Waals surface area (Å²) in [6, 6.07) is 8.13. The molecule has 0 aliphatic rings. The van der Waals surface area contributed by atoms with Crippen molar-refractivity contribution in [2.45, 2.75) is 19.4 Å². The van der Waals surface area contributed by atoms with E-state index < -0.39 is 0 Å². The summed E-state index contributed by atoms with van der Waals surface area (Å²) >= 11 is 0. The van der Waals surface area contributed by atoms with Gasteiger partial charge in [-0.05, 0) is 30.7 Å². The van der Waals surface area contributed by atoms with Crippen molar-refractivity contribution >= 4 is 0 Å². The van der Waals surface area contributed by atoms with Crippen LogP contribution in [0.25, 0.3) is 0 Å². The van der Waals surface area contributed by atoms with Crippen LogP contribution < -0.4 is 10.5 Å². The van der Waals surface area contributed by atoms with Crippen LogP contribution in [0.15, 0.2) is 42.7 Å². The molecule has 3 nitrogen and oxygen atoms in total. The van der Waals surface area contributed by atoms with Gasteiger partial charge in [0, 0.05) is 36.5 Å². The molecule has 4 heteroatoms. The Labute approximate surface area is 112 Å². The molecule has 0 radical (unpaired) electrons. The number of benzene rings is 1. The summed E-state index contributed by atoms with van der Waals surface area (Å²) in [7, 11) is 0. The summed E-state index contributed by atoms with van der Waals surface area (Å²) in [5.74, 6) is 0.201. The summed E-state index contributed by atoms with van der Waals surface area (Å²) in [5, 5.41) is 0. The Morgan fingerprint density at radius 2 is 2.00 bits per heavy atom. The van der Waals surface area contributed by atoms with Gasteiger partial charge in [-0.1, -0.05) is 6.07 Å². The molecule has 1 heterocycles. The van der Waals surface area contributed by atoms with E-state index in [4.69, 9.17) is 10.5 Å². The maximum absolute atomic E-state index is 13.2. The monoisotopic (exact) mass is 260 g/mol. The van der Waals surface area contributed by atoms with Crippen LogP contribution in [0, 0.1) is 5.82 Å². The molecule has 1 unspecified atom stereocenters. The van der Waals surface area contributed by atoms with E-state index in [1.807, 2.05) is 19.1 Å². The zero-order valence-electron chi connectivity index (χ0n) is 10.8. The van der Waals surface area contributed by atoms with Crippen molar-refractivity contribution in [2.24, 2.45) is 5.73 Å². The van der Waals surface area contributed by atoms with Gasteiger partial charge in [0.25, 0.3) is 0 Å². The highest BCUT2D eigenvalue weighted by atomic mass is 19.1. The number of halogens is 1. The van der Waals surface area contributed by atoms with Gasteiger partial charge < -0.3 is 10.5 Å². The zero-order valence-corrected chi connectivity index (χ0v) is 10.8. The predicted molar refractivity (Wildman–Crippen MR) is 72.4 cm³/mol. The second-order valence-corrected chi connectivity index (χ2v) is 4.42. The van der Waals surface area contributed by atoms with Crippen LogP contribution >= 0.6 is 0 Å². The molecule has 0 spiro atoms. The Morgan fingerprint density at radius 1 is 1.26 bits per heavy atom. The van der Waals surface area contributed by atoms with Gasteiger partial charge in [-0.2, -0.15) is 0 Å². The molecule has 0 fully saturated rings. The molecule has 0 amide bonds. The number of aromatic nitrogens is 1. The maximum atomic E-state index is 13.2. The molecular formula is C15H17FN2O. The summed E-state index contributed by atoms with van der Waals surface area (Å²) < 4.78 is 18.9. The van der Waals surface area contributed by atoms with Gasteiger partial charge >= 0.3 is 0 Å². The number of nitrogens with zero attached hydrogens (tertiary/aromatic N) is 1. The third-order valence-electron chi connectivity index (χ3n) is 2.86. The predicted octanol–water partition coefficient (Wildman–Crippen LogP) is 2.86. The molecule has 2 N–H and O–H groups in total. The van der Waals surface area contributed by atoms with E-state index in [-0.39, 0.29) is 11.9 Å². The highest BCUT2D eigenvalue weighted by Gasteiger charge is 2.09. The first kappa shape index (κ1) is 13.5. The van der Waals surface area contributed by atoms with E-state index in [0.717, 1.165) is 17.5 Å². The van der Waals surface area contributed by atoms with E-state index in [2.05, 4.69) is 4.98 Å². The van der Waals surface area contributed by atoms with E-state index in [0.29, 0.717) is 12.4 Å². The Kier molecular flexibility index (Phi) is 4.47. The third kappa shape index (κ3) is 3.76. The minimum atomic E-state index is -0.316. The van der Waals surface area contributed by atoms with Gasteiger partial charge in [-0.15, -0.1) is 0 Å². The first-order valence-corrected chi connectivity index (χ1v) is 6.23. The van der Waals surface area contributed by atoms with Crippen LogP contribution in [0.3, 0.4) is 0 Å². The fourth-order valence-electron chi connectivity index (χ4n) is 1.84. The quantitative estimate of drug-likeness (QED) is 0.899. The van der Waals surface area contributed by atoms with Gasteiger partial charge in [0.1, 0.15) is 11.6 Å². The summed E-state index contributed by atoms with van der Waals surface area (Å²) in [4.78, 5) is 3.95. The Morgan fingerprint density at radius 3 is 2.68 bits per heavy atom. The van der Waals surface area contributed by atoms with Crippen LogP contribution in [0.1, 0.15) is 24.1 Å².